The van der Waals surface area contributed by atoms with Gasteiger partial charge < -0.3 is 5.73 Å². The molecule has 1 aliphatic heterocycles. The average Bonchev–Trinajstić information content (AvgIpc) is 2.87. The SMILES string of the molecule is CC(C)CCN(CCC(C)C)S(=O)(=O)N1CCC(CN)C1.Cl. The Morgan fingerprint density at radius 2 is 1.64 bits per heavy atom. The van der Waals surface area contributed by atoms with Gasteiger partial charge in [0.25, 0.3) is 10.2 Å². The van der Waals surface area contributed by atoms with Gasteiger partial charge in [0.2, 0.25) is 0 Å². The molecule has 0 aromatic carbocycles. The summed E-state index contributed by atoms with van der Waals surface area (Å²) in [5.41, 5.74) is 5.68. The molecule has 0 aromatic rings. The third-order valence-electron chi connectivity index (χ3n) is 4.15. The summed E-state index contributed by atoms with van der Waals surface area (Å²) < 4.78 is 29.0. The van der Waals surface area contributed by atoms with Crippen LogP contribution >= 0.6 is 12.4 Å². The van der Waals surface area contributed by atoms with Gasteiger partial charge in [-0.15, -0.1) is 12.4 Å². The Balaban J connectivity index is 0.00000441. The Labute approximate surface area is 143 Å². The van der Waals surface area contributed by atoms with E-state index in [4.69, 9.17) is 5.73 Å². The van der Waals surface area contributed by atoms with Gasteiger partial charge >= 0.3 is 0 Å². The van der Waals surface area contributed by atoms with Gasteiger partial charge in [0.05, 0.1) is 0 Å². The normalized spacial score (nSPS) is 20.1. The molecule has 0 saturated carbocycles. The van der Waals surface area contributed by atoms with Crippen LogP contribution in [0.4, 0.5) is 0 Å². The monoisotopic (exact) mass is 355 g/mol. The largest absolute Gasteiger partial charge is 0.330 e. The lowest BCUT2D eigenvalue weighted by Crippen LogP contribution is -2.44. The molecule has 134 valence electrons. The lowest BCUT2D eigenvalue weighted by atomic mass is 10.1. The van der Waals surface area contributed by atoms with Gasteiger partial charge in [0.15, 0.2) is 0 Å². The Hall–Kier alpha value is 0.120. The van der Waals surface area contributed by atoms with Crippen LogP contribution in [0.5, 0.6) is 0 Å². The predicted molar refractivity (Wildman–Crippen MR) is 95.4 cm³/mol. The van der Waals surface area contributed by atoms with Gasteiger partial charge in [-0.05, 0) is 43.6 Å². The number of hydrogen-bond acceptors (Lipinski definition) is 3. The fourth-order valence-corrected chi connectivity index (χ4v) is 4.24. The molecule has 5 nitrogen and oxygen atoms in total. The summed E-state index contributed by atoms with van der Waals surface area (Å²) in [6, 6.07) is 0. The summed E-state index contributed by atoms with van der Waals surface area (Å²) in [6.45, 7) is 11.5. The van der Waals surface area contributed by atoms with E-state index in [-0.39, 0.29) is 12.4 Å². The van der Waals surface area contributed by atoms with Gasteiger partial charge in [-0.2, -0.15) is 17.0 Å². The molecule has 0 spiro atoms. The molecular weight excluding hydrogens is 322 g/mol. The highest BCUT2D eigenvalue weighted by Crippen LogP contribution is 2.22. The molecule has 1 saturated heterocycles. The van der Waals surface area contributed by atoms with Crippen LogP contribution in [0.15, 0.2) is 0 Å². The van der Waals surface area contributed by atoms with E-state index in [1.165, 1.54) is 0 Å². The van der Waals surface area contributed by atoms with Crippen molar-refractivity contribution in [2.75, 3.05) is 32.7 Å². The molecule has 1 heterocycles. The number of nitrogens with zero attached hydrogens (tertiary/aromatic N) is 2. The molecule has 1 fully saturated rings. The summed E-state index contributed by atoms with van der Waals surface area (Å²) in [5, 5.41) is 0. The Kier molecular flexibility index (Phi) is 10.1. The molecular formula is C15H34ClN3O2S. The number of nitrogens with two attached hydrogens (primary N) is 1. The van der Waals surface area contributed by atoms with Crippen molar-refractivity contribution in [3.63, 3.8) is 0 Å². The fourth-order valence-electron chi connectivity index (χ4n) is 2.51. The molecule has 0 aliphatic carbocycles. The van der Waals surface area contributed by atoms with Gasteiger partial charge in [-0.1, -0.05) is 27.7 Å². The molecule has 7 heteroatoms. The molecule has 0 amide bonds. The van der Waals surface area contributed by atoms with Crippen LogP contribution in [0.3, 0.4) is 0 Å². The van der Waals surface area contributed by atoms with Crippen LogP contribution in [0.2, 0.25) is 0 Å². The maximum atomic E-state index is 12.8. The third kappa shape index (κ3) is 6.71. The maximum absolute atomic E-state index is 12.8. The molecule has 0 radical (unpaired) electrons. The van der Waals surface area contributed by atoms with E-state index < -0.39 is 10.2 Å². The first-order valence-electron chi connectivity index (χ1n) is 8.22. The van der Waals surface area contributed by atoms with E-state index >= 15 is 0 Å². The van der Waals surface area contributed by atoms with E-state index in [2.05, 4.69) is 27.7 Å². The summed E-state index contributed by atoms with van der Waals surface area (Å²) in [4.78, 5) is 0. The zero-order chi connectivity index (χ0) is 16.0. The minimum absolute atomic E-state index is 0. The Bertz CT molecular complexity index is 390. The highest BCUT2D eigenvalue weighted by molar-refractivity contribution is 7.86. The van der Waals surface area contributed by atoms with Crippen LogP contribution in [0.25, 0.3) is 0 Å². The highest BCUT2D eigenvalue weighted by Gasteiger charge is 2.34. The first-order valence-corrected chi connectivity index (χ1v) is 9.62. The summed E-state index contributed by atoms with van der Waals surface area (Å²) in [5.74, 6) is 1.34. The first-order chi connectivity index (χ1) is 9.77. The smallest absolute Gasteiger partial charge is 0.281 e. The Morgan fingerprint density at radius 1 is 1.14 bits per heavy atom. The molecule has 0 bridgehead atoms. The molecule has 1 rings (SSSR count). The van der Waals surface area contributed by atoms with Crippen molar-refractivity contribution >= 4 is 22.6 Å². The Morgan fingerprint density at radius 3 is 2.00 bits per heavy atom. The highest BCUT2D eigenvalue weighted by atomic mass is 35.5. The molecule has 0 aromatic heterocycles. The minimum Gasteiger partial charge on any atom is -0.330 e. The number of rotatable bonds is 9. The van der Waals surface area contributed by atoms with Crippen LogP contribution < -0.4 is 5.73 Å². The van der Waals surface area contributed by atoms with Crippen molar-refractivity contribution < 1.29 is 8.42 Å². The molecule has 1 atom stereocenters. The summed E-state index contributed by atoms with van der Waals surface area (Å²) in [6.07, 6.45) is 2.70. The van der Waals surface area contributed by atoms with E-state index in [1.54, 1.807) is 8.61 Å². The van der Waals surface area contributed by atoms with Crippen molar-refractivity contribution in [2.24, 2.45) is 23.5 Å². The second-order valence-electron chi connectivity index (χ2n) is 7.02. The lowest BCUT2D eigenvalue weighted by molar-refractivity contribution is 0.324. The van der Waals surface area contributed by atoms with Gasteiger partial charge in [-0.25, -0.2) is 0 Å². The van der Waals surface area contributed by atoms with Crippen LogP contribution in [-0.4, -0.2) is 49.8 Å². The van der Waals surface area contributed by atoms with Gasteiger partial charge in [0.1, 0.15) is 0 Å². The van der Waals surface area contributed by atoms with Crippen molar-refractivity contribution in [1.29, 1.82) is 0 Å². The molecule has 22 heavy (non-hydrogen) atoms. The molecule has 2 N–H and O–H groups in total. The quantitative estimate of drug-likeness (QED) is 0.690. The fraction of sp³-hybridized carbons (Fsp3) is 1.00. The van der Waals surface area contributed by atoms with Gasteiger partial charge in [0, 0.05) is 26.2 Å². The zero-order valence-corrected chi connectivity index (χ0v) is 16.1. The second-order valence-corrected chi connectivity index (χ2v) is 8.95. The topological polar surface area (TPSA) is 66.6 Å². The standard InChI is InChI=1S/C15H33N3O2S.ClH/c1-13(2)5-8-17(9-6-14(3)4)21(19,20)18-10-7-15(11-16)12-18;/h13-15H,5-12,16H2,1-4H3;1H. The number of halogens is 1. The van der Waals surface area contributed by atoms with E-state index in [9.17, 15) is 8.42 Å². The average molecular weight is 356 g/mol. The van der Waals surface area contributed by atoms with Gasteiger partial charge in [-0.3, -0.25) is 0 Å². The summed E-state index contributed by atoms with van der Waals surface area (Å²) >= 11 is 0. The molecule has 1 unspecified atom stereocenters. The maximum Gasteiger partial charge on any atom is 0.281 e. The third-order valence-corrected chi connectivity index (χ3v) is 6.15. The van der Waals surface area contributed by atoms with Crippen LogP contribution in [-0.2, 0) is 10.2 Å². The zero-order valence-electron chi connectivity index (χ0n) is 14.5. The minimum atomic E-state index is -3.32. The van der Waals surface area contributed by atoms with Crippen molar-refractivity contribution in [3.05, 3.63) is 0 Å². The van der Waals surface area contributed by atoms with E-state index in [1.807, 2.05) is 0 Å². The number of hydrogen-bond donors (Lipinski definition) is 1. The first kappa shape index (κ1) is 22.1. The van der Waals surface area contributed by atoms with Crippen LogP contribution in [0, 0.1) is 17.8 Å². The van der Waals surface area contributed by atoms with Crippen LogP contribution in [0.1, 0.15) is 47.0 Å². The summed E-state index contributed by atoms with van der Waals surface area (Å²) in [7, 11) is -3.32. The van der Waals surface area contributed by atoms with Crippen molar-refractivity contribution in [2.45, 2.75) is 47.0 Å². The van der Waals surface area contributed by atoms with E-state index in [0.29, 0.717) is 50.5 Å². The second kappa shape index (κ2) is 10.1. The van der Waals surface area contributed by atoms with Crippen molar-refractivity contribution in [3.8, 4) is 0 Å². The van der Waals surface area contributed by atoms with Crippen molar-refractivity contribution in [1.82, 2.24) is 8.61 Å². The van der Waals surface area contributed by atoms with E-state index in [0.717, 1.165) is 19.3 Å². The molecule has 1 aliphatic rings. The predicted octanol–water partition coefficient (Wildman–Crippen LogP) is 2.33. The lowest BCUT2D eigenvalue weighted by Gasteiger charge is -2.28.